The number of hydrogen-bond acceptors (Lipinski definition) is 7. The quantitative estimate of drug-likeness (QED) is 0.724. The summed E-state index contributed by atoms with van der Waals surface area (Å²) in [7, 11) is 0. The highest BCUT2D eigenvalue weighted by Gasteiger charge is 2.31. The number of ketones is 1. The van der Waals surface area contributed by atoms with Gasteiger partial charge in [0.1, 0.15) is 28.9 Å². The van der Waals surface area contributed by atoms with Crippen LogP contribution >= 0.6 is 0 Å². The Morgan fingerprint density at radius 3 is 2.58 bits per heavy atom. The van der Waals surface area contributed by atoms with Crippen LogP contribution in [0.5, 0.6) is 17.2 Å². The van der Waals surface area contributed by atoms with E-state index in [0.717, 1.165) is 5.56 Å². The molecule has 4 rings (SSSR count). The molecule has 1 fully saturated rings. The van der Waals surface area contributed by atoms with Crippen molar-refractivity contribution in [3.8, 4) is 17.2 Å². The minimum absolute atomic E-state index is 0.106. The first-order chi connectivity index (χ1) is 15.0. The van der Waals surface area contributed by atoms with Gasteiger partial charge in [0.25, 0.3) is 5.91 Å². The van der Waals surface area contributed by atoms with E-state index < -0.39 is 6.10 Å². The first-order valence-corrected chi connectivity index (χ1v) is 10.4. The van der Waals surface area contributed by atoms with Crippen molar-refractivity contribution in [3.63, 3.8) is 0 Å². The normalized spacial score (nSPS) is 18.9. The van der Waals surface area contributed by atoms with Crippen LogP contribution in [0.2, 0.25) is 0 Å². The number of aliphatic hydroxyl groups is 1. The van der Waals surface area contributed by atoms with E-state index in [4.69, 9.17) is 14.6 Å². The van der Waals surface area contributed by atoms with E-state index in [1.165, 1.54) is 6.07 Å². The molecule has 164 valence electrons. The average Bonchev–Trinajstić information content (AvgIpc) is 2.78. The molecule has 2 heterocycles. The van der Waals surface area contributed by atoms with Gasteiger partial charge in [-0.3, -0.25) is 14.5 Å². The van der Waals surface area contributed by atoms with Gasteiger partial charge in [-0.2, -0.15) is 0 Å². The number of nitrogens with zero attached hydrogens (tertiary/aromatic N) is 2. The zero-order valence-corrected chi connectivity index (χ0v) is 17.2. The summed E-state index contributed by atoms with van der Waals surface area (Å²) in [6.45, 7) is 3.12. The molecule has 1 amide bonds. The van der Waals surface area contributed by atoms with Gasteiger partial charge in [-0.15, -0.1) is 0 Å². The molecule has 0 bridgehead atoms. The number of phenolic OH excluding ortho intramolecular Hbond substituents is 1. The van der Waals surface area contributed by atoms with Crippen LogP contribution in [0.3, 0.4) is 0 Å². The highest BCUT2D eigenvalue weighted by Crippen LogP contribution is 2.41. The van der Waals surface area contributed by atoms with Gasteiger partial charge in [0.2, 0.25) is 0 Å². The monoisotopic (exact) mass is 426 g/mol. The summed E-state index contributed by atoms with van der Waals surface area (Å²) in [5.41, 5.74) is 1.02. The third kappa shape index (κ3) is 4.81. The summed E-state index contributed by atoms with van der Waals surface area (Å²) in [5, 5.41) is 19.4. The van der Waals surface area contributed by atoms with Gasteiger partial charge in [0, 0.05) is 44.9 Å². The Labute approximate surface area is 180 Å². The predicted octanol–water partition coefficient (Wildman–Crippen LogP) is 1.61. The summed E-state index contributed by atoms with van der Waals surface area (Å²) in [6, 6.07) is 12.3. The fourth-order valence-electron chi connectivity index (χ4n) is 3.95. The van der Waals surface area contributed by atoms with Crippen molar-refractivity contribution in [2.24, 2.45) is 0 Å². The Balaban J connectivity index is 1.41. The van der Waals surface area contributed by atoms with E-state index in [9.17, 15) is 14.7 Å². The molecule has 2 aromatic rings. The lowest BCUT2D eigenvalue weighted by Gasteiger charge is -2.34. The number of phenols is 1. The summed E-state index contributed by atoms with van der Waals surface area (Å²) in [6.07, 6.45) is -0.293. The Bertz CT molecular complexity index is 941. The van der Waals surface area contributed by atoms with Gasteiger partial charge in [0.05, 0.1) is 13.0 Å². The molecule has 0 saturated carbocycles. The van der Waals surface area contributed by atoms with Gasteiger partial charge in [-0.25, -0.2) is 0 Å². The number of carbonyl (C=O) groups is 2. The number of fused-ring (bicyclic) bond motifs is 1. The molecule has 0 aromatic heterocycles. The Morgan fingerprint density at radius 2 is 1.87 bits per heavy atom. The van der Waals surface area contributed by atoms with Crippen molar-refractivity contribution in [3.05, 3.63) is 53.6 Å². The minimum Gasteiger partial charge on any atom is -0.507 e. The molecular weight excluding hydrogens is 400 g/mol. The Kier molecular flexibility index (Phi) is 6.39. The molecule has 8 heteroatoms. The van der Waals surface area contributed by atoms with Gasteiger partial charge >= 0.3 is 0 Å². The fourth-order valence-corrected chi connectivity index (χ4v) is 3.95. The standard InChI is InChI=1S/C23H26N2O6/c26-11-10-24-6-8-25(9-7-24)22(29)15-30-17-12-18(27)23-19(28)14-20(31-21(23)13-17)16-4-2-1-3-5-16/h1-5,12-13,20,26-27H,6-11,14-15H2. The topological polar surface area (TPSA) is 99.5 Å². The predicted molar refractivity (Wildman–Crippen MR) is 112 cm³/mol. The first-order valence-electron chi connectivity index (χ1n) is 10.4. The fraction of sp³-hybridized carbons (Fsp3) is 0.391. The number of piperazine rings is 1. The lowest BCUT2D eigenvalue weighted by molar-refractivity contribution is -0.135. The van der Waals surface area contributed by atoms with E-state index in [1.807, 2.05) is 30.3 Å². The Morgan fingerprint density at radius 1 is 1.13 bits per heavy atom. The highest BCUT2D eigenvalue weighted by atomic mass is 16.5. The van der Waals surface area contributed by atoms with Crippen LogP contribution in [0.15, 0.2) is 42.5 Å². The van der Waals surface area contributed by atoms with Crippen molar-refractivity contribution in [2.75, 3.05) is 45.9 Å². The second-order valence-corrected chi connectivity index (χ2v) is 7.69. The van der Waals surface area contributed by atoms with E-state index in [-0.39, 0.29) is 54.1 Å². The van der Waals surface area contributed by atoms with Gasteiger partial charge < -0.3 is 24.6 Å². The number of aliphatic hydroxyl groups excluding tert-OH is 1. The van der Waals surface area contributed by atoms with Crippen LogP contribution in [-0.4, -0.2) is 77.6 Å². The number of carbonyl (C=O) groups excluding carboxylic acids is 2. The van der Waals surface area contributed by atoms with Crippen LogP contribution in [0, 0.1) is 0 Å². The zero-order chi connectivity index (χ0) is 21.8. The third-order valence-corrected chi connectivity index (χ3v) is 5.65. The highest BCUT2D eigenvalue weighted by molar-refractivity contribution is 6.02. The summed E-state index contributed by atoms with van der Waals surface area (Å²) in [5.74, 6) is -0.0414. The number of rotatable bonds is 6. The largest absolute Gasteiger partial charge is 0.507 e. The maximum Gasteiger partial charge on any atom is 0.260 e. The van der Waals surface area contributed by atoms with Crippen LogP contribution in [0.1, 0.15) is 28.4 Å². The average molecular weight is 426 g/mol. The molecule has 8 nitrogen and oxygen atoms in total. The second kappa shape index (κ2) is 9.36. The van der Waals surface area contributed by atoms with E-state index in [0.29, 0.717) is 32.7 Å². The molecule has 0 spiro atoms. The van der Waals surface area contributed by atoms with Crippen molar-refractivity contribution in [2.45, 2.75) is 12.5 Å². The van der Waals surface area contributed by atoms with Crippen LogP contribution in [0.25, 0.3) is 0 Å². The molecule has 0 aliphatic carbocycles. The lowest BCUT2D eigenvalue weighted by atomic mass is 9.95. The van der Waals surface area contributed by atoms with E-state index in [2.05, 4.69) is 4.90 Å². The number of aromatic hydroxyl groups is 1. The van der Waals surface area contributed by atoms with Crippen LogP contribution in [-0.2, 0) is 4.79 Å². The molecule has 1 atom stereocenters. The van der Waals surface area contributed by atoms with Crippen LogP contribution < -0.4 is 9.47 Å². The van der Waals surface area contributed by atoms with Gasteiger partial charge in [-0.1, -0.05) is 30.3 Å². The molecule has 31 heavy (non-hydrogen) atoms. The molecule has 2 aliphatic rings. The minimum atomic E-state index is -0.437. The molecule has 2 aliphatic heterocycles. The van der Waals surface area contributed by atoms with Crippen LogP contribution in [0.4, 0.5) is 0 Å². The summed E-state index contributed by atoms with van der Waals surface area (Å²) < 4.78 is 11.6. The molecule has 2 aromatic carbocycles. The lowest BCUT2D eigenvalue weighted by Crippen LogP contribution is -2.50. The number of benzene rings is 2. The number of amides is 1. The number of ether oxygens (including phenoxy) is 2. The number of β-amino-alcohol motifs (C(OH)–C–C–N with tert-alkyl or cyclic N) is 1. The first kappa shape index (κ1) is 21.1. The van der Waals surface area contributed by atoms with Crippen molar-refractivity contribution < 1.29 is 29.3 Å². The maximum atomic E-state index is 12.6. The maximum absolute atomic E-state index is 12.6. The van der Waals surface area contributed by atoms with Crippen molar-refractivity contribution in [1.82, 2.24) is 9.80 Å². The van der Waals surface area contributed by atoms with Crippen molar-refractivity contribution >= 4 is 11.7 Å². The Hall–Kier alpha value is -3.10. The van der Waals surface area contributed by atoms with Gasteiger partial charge in [0.15, 0.2) is 12.4 Å². The van der Waals surface area contributed by atoms with Gasteiger partial charge in [-0.05, 0) is 5.56 Å². The second-order valence-electron chi connectivity index (χ2n) is 7.69. The summed E-state index contributed by atoms with van der Waals surface area (Å²) >= 11 is 0. The molecule has 2 N–H and O–H groups in total. The molecule has 1 saturated heterocycles. The van der Waals surface area contributed by atoms with Crippen molar-refractivity contribution in [1.29, 1.82) is 0 Å². The number of Topliss-reactive ketones (excluding diaryl/α,β-unsaturated/α-hetero) is 1. The van der Waals surface area contributed by atoms with E-state index in [1.54, 1.807) is 11.0 Å². The number of hydrogen-bond donors (Lipinski definition) is 2. The van der Waals surface area contributed by atoms with E-state index >= 15 is 0 Å². The zero-order valence-electron chi connectivity index (χ0n) is 17.2. The summed E-state index contributed by atoms with van der Waals surface area (Å²) in [4.78, 5) is 28.9. The third-order valence-electron chi connectivity index (χ3n) is 5.65. The smallest absolute Gasteiger partial charge is 0.260 e. The SMILES string of the molecule is O=C1CC(c2ccccc2)Oc2cc(OCC(=O)N3CCN(CCO)CC3)cc(O)c21. The molecular formula is C23H26N2O6. The molecule has 0 radical (unpaired) electrons. The molecule has 1 unspecified atom stereocenters.